The van der Waals surface area contributed by atoms with E-state index in [1.54, 1.807) is 36.4 Å². The molecule has 1 aliphatic heterocycles. The number of furan rings is 1. The van der Waals surface area contributed by atoms with Crippen LogP contribution >= 0.6 is 0 Å². The third-order valence-electron chi connectivity index (χ3n) is 6.68. The summed E-state index contributed by atoms with van der Waals surface area (Å²) in [7, 11) is 0. The van der Waals surface area contributed by atoms with Crippen LogP contribution < -0.4 is 25.6 Å². The maximum Gasteiger partial charge on any atom is 0.309 e. The Morgan fingerprint density at radius 2 is 1.89 bits per heavy atom. The Balaban J connectivity index is 1.27. The van der Waals surface area contributed by atoms with Crippen molar-refractivity contribution in [2.24, 2.45) is 0 Å². The van der Waals surface area contributed by atoms with Crippen molar-refractivity contribution < 1.29 is 23.5 Å². The smallest absolute Gasteiger partial charge is 0.309 e. The topological polar surface area (TPSA) is 116 Å². The van der Waals surface area contributed by atoms with Crippen molar-refractivity contribution in [2.75, 3.05) is 50.5 Å². The fraction of sp³-hybridized carbons (Fsp3) is 0.241. The average Bonchev–Trinajstić information content (AvgIpc) is 3.40. The van der Waals surface area contributed by atoms with Gasteiger partial charge in [0.15, 0.2) is 0 Å². The lowest BCUT2D eigenvalue weighted by Gasteiger charge is -2.34. The summed E-state index contributed by atoms with van der Waals surface area (Å²) in [6.07, 6.45) is 0.917. The first-order valence-electron chi connectivity index (χ1n) is 12.6. The molecule has 2 unspecified atom stereocenters. The van der Waals surface area contributed by atoms with Crippen LogP contribution in [0, 0.1) is 0 Å². The molecular formula is C29H31N4O5+. The minimum Gasteiger partial charge on any atom is -0.488 e. The number of carbonyl (C=O) groups excluding carboxylic acids is 2. The van der Waals surface area contributed by atoms with Gasteiger partial charge in [0.25, 0.3) is 5.91 Å². The van der Waals surface area contributed by atoms with Gasteiger partial charge in [-0.25, -0.2) is 4.79 Å². The van der Waals surface area contributed by atoms with Gasteiger partial charge in [-0.1, -0.05) is 30.3 Å². The lowest BCUT2D eigenvalue weighted by atomic mass is 10.2. The first kappa shape index (κ1) is 25.5. The zero-order chi connectivity index (χ0) is 26.4. The number of quaternary nitrogens is 1. The number of rotatable bonds is 10. The fourth-order valence-electron chi connectivity index (χ4n) is 4.59. The number of ether oxygens (including phenoxy) is 2. The Labute approximate surface area is 220 Å². The molecule has 0 saturated carbocycles. The number of hydrogen-bond donors (Lipinski definition) is 3. The lowest BCUT2D eigenvalue weighted by Crippen LogP contribution is -2.59. The van der Waals surface area contributed by atoms with Crippen molar-refractivity contribution in [1.82, 2.24) is 9.80 Å². The molecule has 2 atom stereocenters. The van der Waals surface area contributed by atoms with E-state index in [0.29, 0.717) is 54.9 Å². The highest BCUT2D eigenvalue weighted by molar-refractivity contribution is 6.05. The molecule has 38 heavy (non-hydrogen) atoms. The van der Waals surface area contributed by atoms with Crippen molar-refractivity contribution >= 4 is 40.5 Å². The van der Waals surface area contributed by atoms with Crippen LogP contribution in [0.1, 0.15) is 10.4 Å². The number of amides is 2. The van der Waals surface area contributed by atoms with Gasteiger partial charge < -0.3 is 30.3 Å². The highest BCUT2D eigenvalue weighted by atomic mass is 16.5. The summed E-state index contributed by atoms with van der Waals surface area (Å²) in [5.74, 6) is 0.885. The molecule has 9 heteroatoms. The number of nitrogens with one attached hydrogen (secondary N) is 2. The van der Waals surface area contributed by atoms with E-state index >= 15 is 0 Å². The third-order valence-corrected chi connectivity index (χ3v) is 6.68. The number of benzene rings is 3. The summed E-state index contributed by atoms with van der Waals surface area (Å²) in [5.41, 5.74) is 8.18. The largest absolute Gasteiger partial charge is 0.488 e. The Hall–Kier alpha value is -4.18. The van der Waals surface area contributed by atoms with Crippen molar-refractivity contribution in [3.8, 4) is 5.75 Å². The second-order valence-electron chi connectivity index (χ2n) is 9.31. The van der Waals surface area contributed by atoms with Crippen LogP contribution in [0.4, 0.5) is 17.3 Å². The highest BCUT2D eigenvalue weighted by Crippen LogP contribution is 2.30. The van der Waals surface area contributed by atoms with Crippen molar-refractivity contribution in [3.63, 3.8) is 0 Å². The first-order valence-corrected chi connectivity index (χ1v) is 12.6. The molecule has 1 saturated heterocycles. The number of carbonyl (C=O) groups is 2. The van der Waals surface area contributed by atoms with Crippen LogP contribution in [0.5, 0.6) is 5.75 Å². The minimum absolute atomic E-state index is 0.00129. The molecule has 1 aromatic heterocycles. The molecule has 0 bridgehead atoms. The van der Waals surface area contributed by atoms with E-state index in [0.717, 1.165) is 23.9 Å². The van der Waals surface area contributed by atoms with Gasteiger partial charge in [0.05, 0.1) is 36.7 Å². The van der Waals surface area contributed by atoms with E-state index in [2.05, 4.69) is 10.6 Å². The van der Waals surface area contributed by atoms with Crippen molar-refractivity contribution in [1.29, 1.82) is 0 Å². The van der Waals surface area contributed by atoms with Gasteiger partial charge in [0.2, 0.25) is 0 Å². The minimum atomic E-state index is -0.266. The summed E-state index contributed by atoms with van der Waals surface area (Å²) in [6.45, 7) is 2.99. The maximum atomic E-state index is 12.6. The monoisotopic (exact) mass is 515 g/mol. The molecule has 2 amide bonds. The number of anilines is 2. The quantitative estimate of drug-likeness (QED) is 0.167. The predicted octanol–water partition coefficient (Wildman–Crippen LogP) is 3.80. The Bertz CT molecular complexity index is 1360. The van der Waals surface area contributed by atoms with E-state index < -0.39 is 0 Å². The SMILES string of the molecule is Nc1ccccc1NC(=O)c1ccc(OCC[N+](C=O)(CC2COCCN2)c2cc3ccccc3o2)cc1. The molecule has 9 nitrogen and oxygen atoms in total. The van der Waals surface area contributed by atoms with Gasteiger partial charge in [-0.2, -0.15) is 4.48 Å². The summed E-state index contributed by atoms with van der Waals surface area (Å²) < 4.78 is 17.7. The normalized spacial score (nSPS) is 17.0. The summed E-state index contributed by atoms with van der Waals surface area (Å²) in [6, 6.07) is 23.6. The van der Waals surface area contributed by atoms with Gasteiger partial charge in [-0.15, -0.1) is 0 Å². The molecule has 0 aliphatic carbocycles. The molecule has 196 valence electrons. The van der Waals surface area contributed by atoms with Crippen LogP contribution in [-0.4, -0.2) is 57.8 Å². The summed E-state index contributed by atoms with van der Waals surface area (Å²) in [4.78, 5) is 25.3. The van der Waals surface area contributed by atoms with Crippen LogP contribution in [0.25, 0.3) is 11.0 Å². The molecule has 2 heterocycles. The number of nitrogens with zero attached hydrogens (tertiary/aromatic N) is 1. The Kier molecular flexibility index (Phi) is 7.69. The van der Waals surface area contributed by atoms with Crippen LogP contribution in [0.2, 0.25) is 0 Å². The lowest BCUT2D eigenvalue weighted by molar-refractivity contribution is -0.119. The van der Waals surface area contributed by atoms with Crippen molar-refractivity contribution in [2.45, 2.75) is 6.04 Å². The first-order chi connectivity index (χ1) is 18.6. The summed E-state index contributed by atoms with van der Waals surface area (Å²) in [5, 5.41) is 7.18. The summed E-state index contributed by atoms with van der Waals surface area (Å²) >= 11 is 0. The van der Waals surface area contributed by atoms with Gasteiger partial charge in [-0.3, -0.25) is 4.79 Å². The molecule has 1 aliphatic rings. The second kappa shape index (κ2) is 11.5. The number of nitrogens with two attached hydrogens (primary N) is 1. The van der Waals surface area contributed by atoms with Gasteiger partial charge >= 0.3 is 12.3 Å². The van der Waals surface area contributed by atoms with Gasteiger partial charge in [-0.05, 0) is 42.5 Å². The van der Waals surface area contributed by atoms with Gasteiger partial charge in [0, 0.05) is 17.5 Å². The molecule has 4 aromatic rings. The van der Waals surface area contributed by atoms with Crippen LogP contribution in [0.15, 0.2) is 83.3 Å². The average molecular weight is 516 g/mol. The van der Waals surface area contributed by atoms with E-state index in [1.165, 1.54) is 0 Å². The Morgan fingerprint density at radius 1 is 1.11 bits per heavy atom. The van der Waals surface area contributed by atoms with E-state index in [4.69, 9.17) is 19.6 Å². The standard InChI is InChI=1S/C29H30N4O5/c30-25-6-2-3-7-26(25)32-29(35)21-9-11-24(12-10-21)37-16-14-33(20-34,18-23-19-36-15-13-31-23)28-17-22-5-1-4-8-27(22)38-28/h1-12,17,20,23,31H,13-16,18-19,30H2/p+1. The maximum absolute atomic E-state index is 12.6. The molecule has 3 aromatic carbocycles. The third kappa shape index (κ3) is 5.70. The van der Waals surface area contributed by atoms with Crippen molar-refractivity contribution in [3.05, 3.63) is 84.4 Å². The van der Waals surface area contributed by atoms with Crippen LogP contribution in [0.3, 0.4) is 0 Å². The van der Waals surface area contributed by atoms with E-state index in [9.17, 15) is 9.59 Å². The Morgan fingerprint density at radius 3 is 2.63 bits per heavy atom. The molecule has 0 radical (unpaired) electrons. The number of nitrogen functional groups attached to an aromatic ring is 1. The molecule has 4 N–H and O–H groups in total. The van der Waals surface area contributed by atoms with E-state index in [-0.39, 0.29) is 23.0 Å². The zero-order valence-electron chi connectivity index (χ0n) is 21.0. The number of fused-ring (bicyclic) bond motifs is 1. The zero-order valence-corrected chi connectivity index (χ0v) is 21.0. The molecule has 5 rings (SSSR count). The molecular weight excluding hydrogens is 484 g/mol. The molecule has 0 spiro atoms. The van der Waals surface area contributed by atoms with Gasteiger partial charge in [0.1, 0.15) is 31.0 Å². The fourth-order valence-corrected chi connectivity index (χ4v) is 4.59. The number of hydrogen-bond acceptors (Lipinski definition) is 7. The predicted molar refractivity (Wildman–Crippen MR) is 147 cm³/mol. The number of para-hydroxylation sites is 3. The van der Waals surface area contributed by atoms with Crippen LogP contribution in [-0.2, 0) is 9.53 Å². The highest BCUT2D eigenvalue weighted by Gasteiger charge is 2.38. The number of morpholine rings is 1. The second-order valence-corrected chi connectivity index (χ2v) is 9.31. The van der Waals surface area contributed by atoms with E-state index in [1.807, 2.05) is 42.5 Å². The molecule has 1 fully saturated rings.